The third kappa shape index (κ3) is 3.83. The number of amides is 1. The maximum Gasteiger partial charge on any atom is 0.287 e. The fourth-order valence-corrected chi connectivity index (χ4v) is 3.72. The minimum atomic E-state index is -0.286. The van der Waals surface area contributed by atoms with Crippen LogP contribution in [0.5, 0.6) is 5.75 Å². The summed E-state index contributed by atoms with van der Waals surface area (Å²) in [5.74, 6) is 1.47. The number of ether oxygens (including phenoxy) is 1. The van der Waals surface area contributed by atoms with Crippen molar-refractivity contribution in [1.29, 1.82) is 0 Å². The number of fused-ring (bicyclic) bond motifs is 1. The molecule has 0 saturated heterocycles. The smallest absolute Gasteiger partial charge is 0.287 e. The van der Waals surface area contributed by atoms with Crippen molar-refractivity contribution in [2.75, 3.05) is 6.54 Å². The van der Waals surface area contributed by atoms with Gasteiger partial charge in [-0.25, -0.2) is 0 Å². The summed E-state index contributed by atoms with van der Waals surface area (Å²) >= 11 is 0. The van der Waals surface area contributed by atoms with Crippen molar-refractivity contribution >= 4 is 16.7 Å². The Kier molecular flexibility index (Phi) is 4.86. The van der Waals surface area contributed by atoms with Gasteiger partial charge in [-0.1, -0.05) is 43.2 Å². The molecule has 1 aromatic heterocycles. The highest BCUT2D eigenvalue weighted by Crippen LogP contribution is 2.29. The summed E-state index contributed by atoms with van der Waals surface area (Å²) in [6.07, 6.45) is 4.04. The molecule has 0 bridgehead atoms. The van der Waals surface area contributed by atoms with Crippen LogP contribution in [0.2, 0.25) is 0 Å². The number of benzene rings is 2. The van der Waals surface area contributed by atoms with E-state index in [1.54, 1.807) is 12.1 Å². The van der Waals surface area contributed by atoms with E-state index in [2.05, 4.69) is 11.4 Å². The number of rotatable bonds is 6. The standard InChI is InChI=1S/C22H24N2O3/c23-15-22(11-3-4-12-22)24-21(25)20-10-9-19(27-20)14-26-18-8-7-16-5-1-2-6-17(16)13-18/h1-2,5-10,13H,3-4,11-12,14-15,23H2,(H,24,25). The summed E-state index contributed by atoms with van der Waals surface area (Å²) in [4.78, 5) is 12.5. The lowest BCUT2D eigenvalue weighted by Gasteiger charge is -2.28. The van der Waals surface area contributed by atoms with Gasteiger partial charge in [0.05, 0.1) is 5.54 Å². The summed E-state index contributed by atoms with van der Waals surface area (Å²) in [7, 11) is 0. The average molecular weight is 364 g/mol. The van der Waals surface area contributed by atoms with E-state index in [0.717, 1.165) is 36.8 Å². The predicted molar refractivity (Wildman–Crippen MR) is 105 cm³/mol. The van der Waals surface area contributed by atoms with E-state index in [4.69, 9.17) is 14.9 Å². The van der Waals surface area contributed by atoms with Crippen molar-refractivity contribution in [2.24, 2.45) is 5.73 Å². The molecule has 5 heteroatoms. The van der Waals surface area contributed by atoms with Gasteiger partial charge in [0.2, 0.25) is 0 Å². The van der Waals surface area contributed by atoms with Gasteiger partial charge in [0.15, 0.2) is 5.76 Å². The lowest BCUT2D eigenvalue weighted by molar-refractivity contribution is 0.0870. The summed E-state index contributed by atoms with van der Waals surface area (Å²) in [5.41, 5.74) is 5.60. The monoisotopic (exact) mass is 364 g/mol. The quantitative estimate of drug-likeness (QED) is 0.693. The van der Waals surface area contributed by atoms with Gasteiger partial charge >= 0.3 is 0 Å². The number of carbonyl (C=O) groups excluding carboxylic acids is 1. The Hall–Kier alpha value is -2.79. The van der Waals surface area contributed by atoms with Crippen molar-refractivity contribution in [1.82, 2.24) is 5.32 Å². The fraction of sp³-hybridized carbons (Fsp3) is 0.318. The van der Waals surface area contributed by atoms with Crippen LogP contribution in [0.1, 0.15) is 42.0 Å². The molecule has 1 aliphatic carbocycles. The van der Waals surface area contributed by atoms with Crippen LogP contribution >= 0.6 is 0 Å². The Bertz CT molecular complexity index is 941. The molecule has 0 unspecified atom stereocenters. The molecule has 140 valence electrons. The van der Waals surface area contributed by atoms with Crippen LogP contribution in [-0.4, -0.2) is 18.0 Å². The Morgan fingerprint density at radius 2 is 1.85 bits per heavy atom. The van der Waals surface area contributed by atoms with E-state index >= 15 is 0 Å². The first-order chi connectivity index (χ1) is 13.2. The van der Waals surface area contributed by atoms with Crippen molar-refractivity contribution < 1.29 is 13.9 Å². The van der Waals surface area contributed by atoms with Crippen molar-refractivity contribution in [3.63, 3.8) is 0 Å². The predicted octanol–water partition coefficient (Wildman–Crippen LogP) is 4.01. The molecule has 0 spiro atoms. The summed E-state index contributed by atoms with van der Waals surface area (Å²) in [6, 6.07) is 17.6. The molecule has 4 rings (SSSR count). The van der Waals surface area contributed by atoms with Gasteiger partial charge < -0.3 is 20.2 Å². The molecule has 5 nitrogen and oxygen atoms in total. The molecule has 3 N–H and O–H groups in total. The van der Waals surface area contributed by atoms with Crippen LogP contribution in [0, 0.1) is 0 Å². The lowest BCUT2D eigenvalue weighted by atomic mass is 9.98. The van der Waals surface area contributed by atoms with Crippen molar-refractivity contribution in [3.05, 3.63) is 66.1 Å². The normalized spacial score (nSPS) is 15.7. The number of furan rings is 1. The van der Waals surface area contributed by atoms with Crippen LogP contribution in [-0.2, 0) is 6.61 Å². The van der Waals surface area contributed by atoms with E-state index in [-0.39, 0.29) is 18.1 Å². The lowest BCUT2D eigenvalue weighted by Crippen LogP contribution is -2.51. The summed E-state index contributed by atoms with van der Waals surface area (Å²) in [6.45, 7) is 0.727. The molecule has 3 aromatic rings. The molecule has 0 atom stereocenters. The molecule has 0 aliphatic heterocycles. The minimum Gasteiger partial charge on any atom is -0.486 e. The highest BCUT2D eigenvalue weighted by Gasteiger charge is 2.34. The Morgan fingerprint density at radius 3 is 2.63 bits per heavy atom. The zero-order chi connectivity index (χ0) is 18.7. The Balaban J connectivity index is 1.39. The zero-order valence-electron chi connectivity index (χ0n) is 15.2. The minimum absolute atomic E-state index is 0.209. The second-order valence-corrected chi connectivity index (χ2v) is 7.21. The Labute approximate surface area is 158 Å². The number of nitrogens with one attached hydrogen (secondary N) is 1. The first-order valence-electron chi connectivity index (χ1n) is 9.40. The molecule has 0 radical (unpaired) electrons. The number of nitrogens with two attached hydrogens (primary N) is 1. The topological polar surface area (TPSA) is 77.5 Å². The highest BCUT2D eigenvalue weighted by molar-refractivity contribution is 5.92. The Morgan fingerprint density at radius 1 is 1.07 bits per heavy atom. The van der Waals surface area contributed by atoms with Gasteiger partial charge in [0.25, 0.3) is 5.91 Å². The van der Waals surface area contributed by atoms with Crippen molar-refractivity contribution in [3.8, 4) is 5.75 Å². The number of hydrogen-bond acceptors (Lipinski definition) is 4. The molecule has 1 amide bonds. The number of hydrogen-bond donors (Lipinski definition) is 2. The van der Waals surface area contributed by atoms with Gasteiger partial charge in [-0.2, -0.15) is 0 Å². The highest BCUT2D eigenvalue weighted by atomic mass is 16.5. The summed E-state index contributed by atoms with van der Waals surface area (Å²) < 4.78 is 11.5. The third-order valence-electron chi connectivity index (χ3n) is 5.32. The van der Waals surface area contributed by atoms with Crippen molar-refractivity contribution in [2.45, 2.75) is 37.8 Å². The van der Waals surface area contributed by atoms with Crippen LogP contribution < -0.4 is 15.8 Å². The zero-order valence-corrected chi connectivity index (χ0v) is 15.2. The molecule has 1 heterocycles. The molecular weight excluding hydrogens is 340 g/mol. The van der Waals surface area contributed by atoms with Gasteiger partial charge in [-0.3, -0.25) is 4.79 Å². The second kappa shape index (κ2) is 7.45. The van der Waals surface area contributed by atoms with Crippen LogP contribution in [0.3, 0.4) is 0 Å². The molecular formula is C22H24N2O3. The maximum absolute atomic E-state index is 12.5. The van der Waals surface area contributed by atoms with E-state index < -0.39 is 0 Å². The average Bonchev–Trinajstić information content (AvgIpc) is 3.36. The van der Waals surface area contributed by atoms with Crippen LogP contribution in [0.4, 0.5) is 0 Å². The molecule has 1 saturated carbocycles. The molecule has 2 aromatic carbocycles. The van der Waals surface area contributed by atoms with E-state index in [1.165, 1.54) is 5.39 Å². The maximum atomic E-state index is 12.5. The number of carbonyl (C=O) groups is 1. The molecule has 1 aliphatic rings. The van der Waals surface area contributed by atoms with E-state index in [1.807, 2.05) is 36.4 Å². The molecule has 27 heavy (non-hydrogen) atoms. The second-order valence-electron chi connectivity index (χ2n) is 7.21. The SMILES string of the molecule is NCC1(NC(=O)c2ccc(COc3ccc4ccccc4c3)o2)CCCC1. The largest absolute Gasteiger partial charge is 0.486 e. The van der Waals surface area contributed by atoms with E-state index in [9.17, 15) is 4.79 Å². The van der Waals surface area contributed by atoms with Crippen LogP contribution in [0.25, 0.3) is 10.8 Å². The first-order valence-corrected chi connectivity index (χ1v) is 9.40. The first kappa shape index (κ1) is 17.6. The fourth-order valence-electron chi connectivity index (χ4n) is 3.72. The van der Waals surface area contributed by atoms with Gasteiger partial charge in [0.1, 0.15) is 18.1 Å². The van der Waals surface area contributed by atoms with Gasteiger partial charge in [-0.15, -0.1) is 0 Å². The van der Waals surface area contributed by atoms with Crippen LogP contribution in [0.15, 0.2) is 59.0 Å². The van der Waals surface area contributed by atoms with Gasteiger partial charge in [-0.05, 0) is 47.9 Å². The molecule has 1 fully saturated rings. The van der Waals surface area contributed by atoms with Gasteiger partial charge in [0, 0.05) is 6.54 Å². The third-order valence-corrected chi connectivity index (χ3v) is 5.32. The summed E-state index contributed by atoms with van der Waals surface area (Å²) in [5, 5.41) is 5.36. The van der Waals surface area contributed by atoms with E-state index in [0.29, 0.717) is 18.1 Å².